The monoisotopic (exact) mass is 432 g/mol. The molecule has 0 spiro atoms. The summed E-state index contributed by atoms with van der Waals surface area (Å²) in [6.45, 7) is 0.211. The van der Waals surface area contributed by atoms with E-state index in [1.54, 1.807) is 42.5 Å². The first-order valence-corrected chi connectivity index (χ1v) is 9.00. The van der Waals surface area contributed by atoms with Gasteiger partial charge in [0.2, 0.25) is 11.6 Å². The van der Waals surface area contributed by atoms with Gasteiger partial charge in [0.15, 0.2) is 0 Å². The number of benzene rings is 2. The zero-order chi connectivity index (χ0) is 20.8. The van der Waals surface area contributed by atoms with E-state index in [1.165, 1.54) is 6.07 Å². The summed E-state index contributed by atoms with van der Waals surface area (Å²) in [6.07, 6.45) is 1.13. The van der Waals surface area contributed by atoms with Crippen LogP contribution in [0.5, 0.6) is 0 Å². The number of nitro groups is 1. The molecule has 11 heteroatoms. The van der Waals surface area contributed by atoms with Gasteiger partial charge < -0.3 is 5.32 Å². The number of halogens is 2. The van der Waals surface area contributed by atoms with Crippen molar-refractivity contribution >= 4 is 46.4 Å². The molecule has 0 bridgehead atoms. The van der Waals surface area contributed by atoms with Gasteiger partial charge in [-0.1, -0.05) is 53.5 Å². The van der Waals surface area contributed by atoms with E-state index in [2.05, 4.69) is 26.1 Å². The van der Waals surface area contributed by atoms with Crippen molar-refractivity contribution in [2.45, 2.75) is 6.54 Å². The molecule has 2 aromatic carbocycles. The van der Waals surface area contributed by atoms with Gasteiger partial charge in [-0.15, -0.1) is 0 Å². The van der Waals surface area contributed by atoms with Crippen LogP contribution in [0.2, 0.25) is 10.0 Å². The Kier molecular flexibility index (Phi) is 6.43. The van der Waals surface area contributed by atoms with Crippen molar-refractivity contribution in [2.24, 2.45) is 0 Å². The number of aromatic nitrogens is 2. The zero-order valence-electron chi connectivity index (χ0n) is 14.7. The number of carbonyl (C=O) groups is 1. The number of carbonyl (C=O) groups excluding carboxylic acids is 1. The van der Waals surface area contributed by atoms with Gasteiger partial charge in [-0.2, -0.15) is 0 Å². The number of nitrogens with one attached hydrogen (secondary N) is 3. The fourth-order valence-electron chi connectivity index (χ4n) is 2.42. The molecule has 0 unspecified atom stereocenters. The van der Waals surface area contributed by atoms with Gasteiger partial charge >= 0.3 is 5.69 Å². The Morgan fingerprint density at radius 3 is 2.34 bits per heavy atom. The quantitative estimate of drug-likeness (QED) is 0.379. The maximum absolute atomic E-state index is 12.3. The second-order valence-electron chi connectivity index (χ2n) is 5.68. The molecule has 3 N–H and O–H groups in total. The Bertz CT molecular complexity index is 1060. The van der Waals surface area contributed by atoms with Gasteiger partial charge in [-0.25, -0.2) is 9.97 Å². The van der Waals surface area contributed by atoms with Gasteiger partial charge in [0.1, 0.15) is 6.33 Å². The number of amides is 1. The lowest BCUT2D eigenvalue weighted by atomic mass is 10.2. The third kappa shape index (κ3) is 4.89. The standard InChI is InChI=1S/C18H14Cl2N6O3/c19-13-7-3-1-5-11(13)9-21-16-15(26(28)29)17(23-10-22-16)24-25-18(27)12-6-2-4-8-14(12)20/h1-8,10H,9H2,(H,25,27)(H2,21,22,23,24). The average molecular weight is 433 g/mol. The van der Waals surface area contributed by atoms with Crippen LogP contribution in [0.1, 0.15) is 15.9 Å². The highest BCUT2D eigenvalue weighted by Crippen LogP contribution is 2.29. The van der Waals surface area contributed by atoms with Gasteiger partial charge in [0.25, 0.3) is 5.91 Å². The maximum Gasteiger partial charge on any atom is 0.354 e. The van der Waals surface area contributed by atoms with Gasteiger partial charge in [-0.3, -0.25) is 25.8 Å². The first-order chi connectivity index (χ1) is 14.0. The maximum atomic E-state index is 12.3. The Balaban J connectivity index is 1.78. The molecule has 1 heterocycles. The Hall–Kier alpha value is -3.43. The number of hydrogen-bond donors (Lipinski definition) is 3. The fourth-order valence-corrected chi connectivity index (χ4v) is 2.85. The molecular formula is C18H14Cl2N6O3. The second kappa shape index (κ2) is 9.18. The third-order valence-electron chi connectivity index (χ3n) is 3.82. The molecule has 0 atom stereocenters. The lowest BCUT2D eigenvalue weighted by Gasteiger charge is -2.11. The summed E-state index contributed by atoms with van der Waals surface area (Å²) in [5.74, 6) is -0.791. The summed E-state index contributed by atoms with van der Waals surface area (Å²) >= 11 is 12.1. The van der Waals surface area contributed by atoms with Crippen LogP contribution in [0, 0.1) is 10.1 Å². The van der Waals surface area contributed by atoms with E-state index in [0.717, 1.165) is 11.9 Å². The fraction of sp³-hybridized carbons (Fsp3) is 0.0556. The summed E-state index contributed by atoms with van der Waals surface area (Å²) in [7, 11) is 0. The normalized spacial score (nSPS) is 10.3. The van der Waals surface area contributed by atoms with Crippen molar-refractivity contribution in [2.75, 3.05) is 10.7 Å². The predicted molar refractivity (Wildman–Crippen MR) is 110 cm³/mol. The summed E-state index contributed by atoms with van der Waals surface area (Å²) in [5, 5.41) is 15.2. The summed E-state index contributed by atoms with van der Waals surface area (Å²) in [6, 6.07) is 13.5. The van der Waals surface area contributed by atoms with Crippen molar-refractivity contribution in [3.05, 3.63) is 86.1 Å². The molecule has 0 aliphatic carbocycles. The second-order valence-corrected chi connectivity index (χ2v) is 6.49. The number of hydrazine groups is 1. The number of rotatable bonds is 7. The highest BCUT2D eigenvalue weighted by Gasteiger charge is 2.23. The van der Waals surface area contributed by atoms with E-state index < -0.39 is 16.5 Å². The molecule has 9 nitrogen and oxygen atoms in total. The topological polar surface area (TPSA) is 122 Å². The molecule has 0 fully saturated rings. The van der Waals surface area contributed by atoms with Crippen molar-refractivity contribution in [3.8, 4) is 0 Å². The van der Waals surface area contributed by atoms with Crippen LogP contribution in [-0.4, -0.2) is 20.8 Å². The van der Waals surface area contributed by atoms with Crippen LogP contribution < -0.4 is 16.2 Å². The van der Waals surface area contributed by atoms with Gasteiger partial charge in [0, 0.05) is 11.6 Å². The van der Waals surface area contributed by atoms with Crippen LogP contribution in [0.3, 0.4) is 0 Å². The van der Waals surface area contributed by atoms with Crippen molar-refractivity contribution in [3.63, 3.8) is 0 Å². The summed E-state index contributed by atoms with van der Waals surface area (Å²) < 4.78 is 0. The van der Waals surface area contributed by atoms with Crippen LogP contribution in [0.25, 0.3) is 0 Å². The third-order valence-corrected chi connectivity index (χ3v) is 4.52. The molecule has 0 aliphatic heterocycles. The summed E-state index contributed by atoms with van der Waals surface area (Å²) in [4.78, 5) is 30.9. The van der Waals surface area contributed by atoms with Crippen LogP contribution in [-0.2, 0) is 6.54 Å². The van der Waals surface area contributed by atoms with Crippen LogP contribution in [0.15, 0.2) is 54.9 Å². The molecule has 148 valence electrons. The number of hydrogen-bond acceptors (Lipinski definition) is 7. The lowest BCUT2D eigenvalue weighted by molar-refractivity contribution is -0.383. The summed E-state index contributed by atoms with van der Waals surface area (Å²) in [5.41, 5.74) is 5.31. The van der Waals surface area contributed by atoms with Gasteiger partial charge in [0.05, 0.1) is 15.5 Å². The minimum absolute atomic E-state index is 0.0283. The Labute approximate surface area is 175 Å². The van der Waals surface area contributed by atoms with Crippen molar-refractivity contribution in [1.29, 1.82) is 0 Å². The van der Waals surface area contributed by atoms with Crippen molar-refractivity contribution in [1.82, 2.24) is 15.4 Å². The molecule has 0 saturated carbocycles. The Morgan fingerprint density at radius 1 is 1.00 bits per heavy atom. The van der Waals surface area contributed by atoms with E-state index >= 15 is 0 Å². The molecule has 0 radical (unpaired) electrons. The molecular weight excluding hydrogens is 419 g/mol. The number of anilines is 2. The average Bonchev–Trinajstić information content (AvgIpc) is 2.71. The highest BCUT2D eigenvalue weighted by atomic mass is 35.5. The molecule has 1 aromatic heterocycles. The first-order valence-electron chi connectivity index (χ1n) is 8.25. The highest BCUT2D eigenvalue weighted by molar-refractivity contribution is 6.33. The van der Waals surface area contributed by atoms with E-state index in [4.69, 9.17) is 23.2 Å². The minimum atomic E-state index is -0.654. The van der Waals surface area contributed by atoms with E-state index in [1.807, 2.05) is 0 Å². The van der Waals surface area contributed by atoms with E-state index in [0.29, 0.717) is 5.02 Å². The van der Waals surface area contributed by atoms with Gasteiger partial charge in [-0.05, 0) is 23.8 Å². The SMILES string of the molecule is O=C(NNc1ncnc(NCc2ccccc2Cl)c1[N+](=O)[O-])c1ccccc1Cl. The van der Waals surface area contributed by atoms with E-state index in [-0.39, 0.29) is 28.8 Å². The predicted octanol–water partition coefficient (Wildman–Crippen LogP) is 4.06. The molecule has 3 rings (SSSR count). The van der Waals surface area contributed by atoms with E-state index in [9.17, 15) is 14.9 Å². The number of nitrogens with zero attached hydrogens (tertiary/aromatic N) is 3. The lowest BCUT2D eigenvalue weighted by Crippen LogP contribution is -2.30. The molecule has 1 amide bonds. The van der Waals surface area contributed by atoms with Crippen LogP contribution in [0.4, 0.5) is 17.3 Å². The minimum Gasteiger partial charge on any atom is -0.360 e. The smallest absolute Gasteiger partial charge is 0.354 e. The molecule has 3 aromatic rings. The van der Waals surface area contributed by atoms with Crippen molar-refractivity contribution < 1.29 is 9.72 Å². The largest absolute Gasteiger partial charge is 0.360 e. The zero-order valence-corrected chi connectivity index (χ0v) is 16.2. The molecule has 0 aliphatic rings. The molecule has 29 heavy (non-hydrogen) atoms. The van der Waals surface area contributed by atoms with Crippen LogP contribution >= 0.6 is 23.2 Å². The molecule has 0 saturated heterocycles. The Morgan fingerprint density at radius 2 is 1.66 bits per heavy atom. The first kappa shape index (κ1) is 20.3.